The Kier molecular flexibility index (Phi) is 3.13. The molecule has 0 amide bonds. The van der Waals surface area contributed by atoms with Crippen molar-refractivity contribution < 1.29 is 0 Å². The number of benzene rings is 1. The lowest BCUT2D eigenvalue weighted by Gasteiger charge is -2.10. The molecule has 2 heterocycles. The summed E-state index contributed by atoms with van der Waals surface area (Å²) in [5, 5.41) is 12.4. The Morgan fingerprint density at radius 1 is 1.24 bits per heavy atom. The highest BCUT2D eigenvalue weighted by Gasteiger charge is 2.13. The van der Waals surface area contributed by atoms with Gasteiger partial charge in [-0.3, -0.25) is 9.78 Å². The minimum absolute atomic E-state index is 0.0294. The van der Waals surface area contributed by atoms with Crippen molar-refractivity contribution in [2.75, 3.05) is 5.32 Å². The summed E-state index contributed by atoms with van der Waals surface area (Å²) in [4.78, 5) is 18.9. The van der Waals surface area contributed by atoms with Crippen LogP contribution in [0.3, 0.4) is 0 Å². The maximum absolute atomic E-state index is 12.0. The van der Waals surface area contributed by atoms with Crippen molar-refractivity contribution in [3.63, 3.8) is 0 Å². The molecule has 0 atom stereocenters. The SMILES string of the molecule is Cc1ccc(Nc2c(C#N)c(=O)[nH]c3cccnc23)cc1. The number of nitrogens with one attached hydrogen (secondary N) is 2. The van der Waals surface area contributed by atoms with E-state index in [9.17, 15) is 10.1 Å². The van der Waals surface area contributed by atoms with Crippen LogP contribution in [0, 0.1) is 18.3 Å². The minimum Gasteiger partial charge on any atom is -0.352 e. The van der Waals surface area contributed by atoms with Gasteiger partial charge in [0.1, 0.15) is 17.1 Å². The Bertz CT molecular complexity index is 904. The van der Waals surface area contributed by atoms with Crippen LogP contribution in [0.5, 0.6) is 0 Å². The van der Waals surface area contributed by atoms with Gasteiger partial charge in [0.15, 0.2) is 0 Å². The van der Waals surface area contributed by atoms with Crippen LogP contribution in [0.1, 0.15) is 11.1 Å². The standard InChI is InChI=1S/C16H12N4O/c1-10-4-6-11(7-5-10)19-14-12(9-17)16(21)20-13-3-2-8-18-15(13)14/h2-8H,1H3,(H2,19,20,21). The van der Waals surface area contributed by atoms with Gasteiger partial charge in [-0.15, -0.1) is 0 Å². The third kappa shape index (κ3) is 2.35. The van der Waals surface area contributed by atoms with E-state index in [1.54, 1.807) is 18.3 Å². The summed E-state index contributed by atoms with van der Waals surface area (Å²) in [6.07, 6.45) is 1.63. The van der Waals surface area contributed by atoms with E-state index < -0.39 is 5.56 Å². The van der Waals surface area contributed by atoms with Crippen molar-refractivity contribution in [3.05, 3.63) is 64.1 Å². The second-order valence-electron chi connectivity index (χ2n) is 4.71. The molecule has 0 bridgehead atoms. The number of nitriles is 1. The van der Waals surface area contributed by atoms with Gasteiger partial charge in [0.25, 0.3) is 5.56 Å². The van der Waals surface area contributed by atoms with Gasteiger partial charge in [0.05, 0.1) is 11.2 Å². The summed E-state index contributed by atoms with van der Waals surface area (Å²) in [7, 11) is 0. The molecular weight excluding hydrogens is 264 g/mol. The monoisotopic (exact) mass is 276 g/mol. The van der Waals surface area contributed by atoms with Crippen molar-refractivity contribution in [1.29, 1.82) is 5.26 Å². The smallest absolute Gasteiger partial charge is 0.268 e. The van der Waals surface area contributed by atoms with Crippen LogP contribution in [0.15, 0.2) is 47.4 Å². The fourth-order valence-electron chi connectivity index (χ4n) is 2.13. The molecule has 5 nitrogen and oxygen atoms in total. The lowest BCUT2D eigenvalue weighted by molar-refractivity contribution is 1.24. The van der Waals surface area contributed by atoms with Crippen molar-refractivity contribution in [2.24, 2.45) is 0 Å². The number of H-pyrrole nitrogens is 1. The second kappa shape index (κ2) is 5.10. The molecule has 0 radical (unpaired) electrons. The number of fused-ring (bicyclic) bond motifs is 1. The summed E-state index contributed by atoms with van der Waals surface area (Å²) >= 11 is 0. The fraction of sp³-hybridized carbons (Fsp3) is 0.0625. The summed E-state index contributed by atoms with van der Waals surface area (Å²) in [5.74, 6) is 0. The Morgan fingerprint density at radius 3 is 2.71 bits per heavy atom. The van der Waals surface area contributed by atoms with Gasteiger partial charge in [0.2, 0.25) is 0 Å². The molecule has 5 heteroatoms. The summed E-state index contributed by atoms with van der Waals surface area (Å²) in [6, 6.07) is 13.1. The molecule has 21 heavy (non-hydrogen) atoms. The van der Waals surface area contributed by atoms with E-state index >= 15 is 0 Å². The van der Waals surface area contributed by atoms with Crippen molar-refractivity contribution in [3.8, 4) is 6.07 Å². The van der Waals surface area contributed by atoms with Gasteiger partial charge in [-0.05, 0) is 31.2 Å². The van der Waals surface area contributed by atoms with Crippen LogP contribution < -0.4 is 10.9 Å². The van der Waals surface area contributed by atoms with Crippen LogP contribution in [-0.4, -0.2) is 9.97 Å². The zero-order chi connectivity index (χ0) is 14.8. The molecule has 102 valence electrons. The Labute approximate surface area is 120 Å². The van der Waals surface area contributed by atoms with E-state index in [0.29, 0.717) is 16.7 Å². The van der Waals surface area contributed by atoms with Crippen LogP contribution in [0.25, 0.3) is 11.0 Å². The van der Waals surface area contributed by atoms with Crippen LogP contribution >= 0.6 is 0 Å². The average molecular weight is 276 g/mol. The van der Waals surface area contributed by atoms with Crippen molar-refractivity contribution in [2.45, 2.75) is 6.92 Å². The first-order valence-electron chi connectivity index (χ1n) is 6.44. The van der Waals surface area contributed by atoms with Crippen LogP contribution in [0.4, 0.5) is 11.4 Å². The fourth-order valence-corrected chi connectivity index (χ4v) is 2.13. The third-order valence-electron chi connectivity index (χ3n) is 3.20. The predicted octanol–water partition coefficient (Wildman–Crippen LogP) is 2.85. The normalized spacial score (nSPS) is 10.3. The number of pyridine rings is 2. The van der Waals surface area contributed by atoms with Gasteiger partial charge in [-0.2, -0.15) is 5.26 Å². The summed E-state index contributed by atoms with van der Waals surface area (Å²) in [5.41, 5.74) is 3.13. The lowest BCUT2D eigenvalue weighted by Crippen LogP contribution is -2.13. The second-order valence-corrected chi connectivity index (χ2v) is 4.71. The molecule has 3 aromatic rings. The molecule has 0 unspecified atom stereocenters. The molecule has 0 aliphatic heterocycles. The number of aryl methyl sites for hydroxylation is 1. The van der Waals surface area contributed by atoms with E-state index in [0.717, 1.165) is 11.3 Å². The van der Waals surface area contributed by atoms with E-state index in [1.165, 1.54) is 0 Å². The third-order valence-corrected chi connectivity index (χ3v) is 3.20. The quantitative estimate of drug-likeness (QED) is 0.754. The number of rotatable bonds is 2. The van der Waals surface area contributed by atoms with Gasteiger partial charge in [-0.25, -0.2) is 0 Å². The summed E-state index contributed by atoms with van der Waals surface area (Å²) in [6.45, 7) is 1.99. The Balaban J connectivity index is 2.22. The van der Waals surface area contributed by atoms with Crippen molar-refractivity contribution in [1.82, 2.24) is 9.97 Å². The highest BCUT2D eigenvalue weighted by molar-refractivity contribution is 5.92. The zero-order valence-electron chi connectivity index (χ0n) is 11.3. The first kappa shape index (κ1) is 12.9. The first-order valence-corrected chi connectivity index (χ1v) is 6.44. The molecule has 0 saturated heterocycles. The molecule has 0 aliphatic carbocycles. The van der Waals surface area contributed by atoms with E-state index in [-0.39, 0.29) is 5.56 Å². The molecule has 2 aromatic heterocycles. The Hall–Kier alpha value is -3.13. The molecule has 2 N–H and O–H groups in total. The summed E-state index contributed by atoms with van der Waals surface area (Å²) < 4.78 is 0. The number of nitrogens with zero attached hydrogens (tertiary/aromatic N) is 2. The topological polar surface area (TPSA) is 81.6 Å². The van der Waals surface area contributed by atoms with Crippen LogP contribution in [0.2, 0.25) is 0 Å². The van der Waals surface area contributed by atoms with E-state index in [1.807, 2.05) is 37.3 Å². The molecule has 0 spiro atoms. The molecule has 1 aromatic carbocycles. The maximum Gasteiger partial charge on any atom is 0.268 e. The highest BCUT2D eigenvalue weighted by Crippen LogP contribution is 2.25. The number of aromatic amines is 1. The van der Waals surface area contributed by atoms with E-state index in [4.69, 9.17) is 0 Å². The highest BCUT2D eigenvalue weighted by atomic mass is 16.1. The van der Waals surface area contributed by atoms with Gasteiger partial charge in [-0.1, -0.05) is 17.7 Å². The number of hydrogen-bond acceptors (Lipinski definition) is 4. The zero-order valence-corrected chi connectivity index (χ0v) is 11.3. The minimum atomic E-state index is -0.424. The van der Waals surface area contributed by atoms with Gasteiger partial charge < -0.3 is 10.3 Å². The van der Waals surface area contributed by atoms with Crippen LogP contribution in [-0.2, 0) is 0 Å². The number of aromatic nitrogens is 2. The average Bonchev–Trinajstić information content (AvgIpc) is 2.49. The Morgan fingerprint density at radius 2 is 2.00 bits per heavy atom. The molecular formula is C16H12N4O. The number of hydrogen-bond donors (Lipinski definition) is 2. The van der Waals surface area contributed by atoms with Gasteiger partial charge >= 0.3 is 0 Å². The lowest BCUT2D eigenvalue weighted by atomic mass is 10.1. The van der Waals surface area contributed by atoms with E-state index in [2.05, 4.69) is 15.3 Å². The number of anilines is 2. The molecule has 3 rings (SSSR count). The first-order chi connectivity index (χ1) is 10.2. The maximum atomic E-state index is 12.0. The van der Waals surface area contributed by atoms with Crippen molar-refractivity contribution >= 4 is 22.4 Å². The largest absolute Gasteiger partial charge is 0.352 e. The molecule has 0 aliphatic rings. The molecule has 0 saturated carbocycles. The van der Waals surface area contributed by atoms with Gasteiger partial charge in [0, 0.05) is 11.9 Å². The predicted molar refractivity (Wildman–Crippen MR) is 81.5 cm³/mol. The molecule has 0 fully saturated rings.